The molecule has 6 heteroatoms. The van der Waals surface area contributed by atoms with Gasteiger partial charge in [0.1, 0.15) is 5.82 Å². The van der Waals surface area contributed by atoms with Crippen LogP contribution >= 0.6 is 0 Å². The summed E-state index contributed by atoms with van der Waals surface area (Å²) < 4.78 is 21.5. The predicted molar refractivity (Wildman–Crippen MR) is 151 cm³/mol. The second kappa shape index (κ2) is 13.3. The van der Waals surface area contributed by atoms with Crippen molar-refractivity contribution in [2.45, 2.75) is 32.7 Å². The molecule has 0 radical (unpaired) electrons. The SMILES string of the molecule is COc1nc(-c2cccc(-c3cccc(-c4ccc(CCCCO)cc4)c3C)c2F)ccc1CNCCO. The Morgan fingerprint density at radius 3 is 2.24 bits per heavy atom. The molecule has 0 amide bonds. The lowest BCUT2D eigenvalue weighted by Crippen LogP contribution is -2.18. The van der Waals surface area contributed by atoms with Crippen LogP contribution < -0.4 is 10.1 Å². The van der Waals surface area contributed by atoms with Crippen LogP contribution in [0.15, 0.2) is 72.8 Å². The standard InChI is InChI=1S/C32H35FN2O3/c1-22-26(24-14-12-23(13-15-24)7-3-4-19-36)8-5-9-27(22)28-10-6-11-29(31(28)33)30-17-16-25(21-34-18-20-37)32(35-30)38-2/h5-6,8-17,34,36-37H,3-4,7,18-21H2,1-2H3. The van der Waals surface area contributed by atoms with Crippen molar-refractivity contribution in [2.75, 3.05) is 26.9 Å². The lowest BCUT2D eigenvalue weighted by Gasteiger charge is -2.15. The van der Waals surface area contributed by atoms with Gasteiger partial charge < -0.3 is 20.3 Å². The van der Waals surface area contributed by atoms with E-state index in [0.29, 0.717) is 35.8 Å². The van der Waals surface area contributed by atoms with Gasteiger partial charge in [0.15, 0.2) is 0 Å². The highest BCUT2D eigenvalue weighted by Gasteiger charge is 2.17. The summed E-state index contributed by atoms with van der Waals surface area (Å²) in [5.41, 5.74) is 7.51. The molecular formula is C32H35FN2O3. The zero-order valence-corrected chi connectivity index (χ0v) is 22.0. The maximum Gasteiger partial charge on any atom is 0.218 e. The Morgan fingerprint density at radius 2 is 1.53 bits per heavy atom. The molecule has 0 atom stereocenters. The monoisotopic (exact) mass is 514 g/mol. The molecule has 198 valence electrons. The number of nitrogens with zero attached hydrogens (tertiary/aromatic N) is 1. The van der Waals surface area contributed by atoms with Crippen molar-refractivity contribution in [3.8, 4) is 39.4 Å². The fourth-order valence-corrected chi connectivity index (χ4v) is 4.70. The molecule has 0 aliphatic carbocycles. The van der Waals surface area contributed by atoms with E-state index in [9.17, 15) is 0 Å². The smallest absolute Gasteiger partial charge is 0.218 e. The summed E-state index contributed by atoms with van der Waals surface area (Å²) in [6, 6.07) is 23.5. The van der Waals surface area contributed by atoms with Crippen LogP contribution in [0.4, 0.5) is 4.39 Å². The van der Waals surface area contributed by atoms with E-state index in [-0.39, 0.29) is 19.0 Å². The third kappa shape index (κ3) is 6.27. The molecule has 3 aromatic carbocycles. The van der Waals surface area contributed by atoms with E-state index in [1.165, 1.54) is 5.56 Å². The van der Waals surface area contributed by atoms with Gasteiger partial charge in [-0.15, -0.1) is 0 Å². The number of methoxy groups -OCH3 is 1. The summed E-state index contributed by atoms with van der Waals surface area (Å²) in [7, 11) is 1.55. The fraction of sp³-hybridized carbons (Fsp3) is 0.281. The fourth-order valence-electron chi connectivity index (χ4n) is 4.70. The zero-order valence-electron chi connectivity index (χ0n) is 22.0. The molecule has 3 N–H and O–H groups in total. The van der Waals surface area contributed by atoms with Crippen molar-refractivity contribution in [3.05, 3.63) is 95.3 Å². The largest absolute Gasteiger partial charge is 0.481 e. The van der Waals surface area contributed by atoms with Crippen LogP contribution in [0.3, 0.4) is 0 Å². The zero-order chi connectivity index (χ0) is 26.9. The van der Waals surface area contributed by atoms with Gasteiger partial charge in [-0.25, -0.2) is 9.37 Å². The van der Waals surface area contributed by atoms with Crippen molar-refractivity contribution < 1.29 is 19.3 Å². The minimum absolute atomic E-state index is 0.0448. The van der Waals surface area contributed by atoms with E-state index >= 15 is 4.39 Å². The lowest BCUT2D eigenvalue weighted by molar-refractivity contribution is 0.284. The first-order valence-corrected chi connectivity index (χ1v) is 13.0. The highest BCUT2D eigenvalue weighted by atomic mass is 19.1. The second-order valence-electron chi connectivity index (χ2n) is 9.29. The Bertz CT molecular complexity index is 1360. The molecule has 0 fully saturated rings. The molecule has 0 saturated heterocycles. The Balaban J connectivity index is 1.65. The molecule has 1 heterocycles. The topological polar surface area (TPSA) is 74.6 Å². The lowest BCUT2D eigenvalue weighted by atomic mass is 9.91. The van der Waals surface area contributed by atoms with Crippen molar-refractivity contribution in [1.29, 1.82) is 0 Å². The number of aliphatic hydroxyl groups excluding tert-OH is 2. The number of halogens is 1. The van der Waals surface area contributed by atoms with Crippen molar-refractivity contribution >= 4 is 0 Å². The van der Waals surface area contributed by atoms with E-state index < -0.39 is 0 Å². The first-order chi connectivity index (χ1) is 18.6. The molecule has 38 heavy (non-hydrogen) atoms. The van der Waals surface area contributed by atoms with Crippen LogP contribution in [0.2, 0.25) is 0 Å². The number of ether oxygens (including phenoxy) is 1. The number of unbranched alkanes of at least 4 members (excludes halogenated alkanes) is 1. The van der Waals surface area contributed by atoms with Gasteiger partial charge in [0.2, 0.25) is 5.88 Å². The number of hydrogen-bond acceptors (Lipinski definition) is 5. The molecule has 0 bridgehead atoms. The predicted octanol–water partition coefficient (Wildman–Crippen LogP) is 5.94. The van der Waals surface area contributed by atoms with Crippen LogP contribution in [0.5, 0.6) is 5.88 Å². The van der Waals surface area contributed by atoms with Crippen molar-refractivity contribution in [3.63, 3.8) is 0 Å². The summed E-state index contributed by atoms with van der Waals surface area (Å²) in [5.74, 6) is 0.100. The minimum Gasteiger partial charge on any atom is -0.481 e. The van der Waals surface area contributed by atoms with Gasteiger partial charge >= 0.3 is 0 Å². The average Bonchev–Trinajstić information content (AvgIpc) is 2.94. The van der Waals surface area contributed by atoms with Crippen molar-refractivity contribution in [2.24, 2.45) is 0 Å². The normalized spacial score (nSPS) is 11.1. The minimum atomic E-state index is -0.326. The molecule has 4 aromatic rings. The van der Waals surface area contributed by atoms with Gasteiger partial charge in [0.25, 0.3) is 0 Å². The van der Waals surface area contributed by atoms with Crippen molar-refractivity contribution in [1.82, 2.24) is 10.3 Å². The maximum atomic E-state index is 16.0. The highest BCUT2D eigenvalue weighted by molar-refractivity contribution is 5.81. The third-order valence-corrected chi connectivity index (χ3v) is 6.77. The van der Waals surface area contributed by atoms with Gasteiger partial charge in [-0.2, -0.15) is 0 Å². The average molecular weight is 515 g/mol. The quantitative estimate of drug-likeness (QED) is 0.204. The Kier molecular flexibility index (Phi) is 9.60. The Morgan fingerprint density at radius 1 is 0.816 bits per heavy atom. The van der Waals surface area contributed by atoms with Crippen LogP contribution in [-0.4, -0.2) is 42.1 Å². The number of hydrogen-bond donors (Lipinski definition) is 3. The second-order valence-corrected chi connectivity index (χ2v) is 9.29. The van der Waals surface area contributed by atoms with E-state index in [1.54, 1.807) is 25.3 Å². The number of aliphatic hydroxyl groups is 2. The summed E-state index contributed by atoms with van der Waals surface area (Å²) in [6.07, 6.45) is 2.71. The van der Waals surface area contributed by atoms with E-state index in [0.717, 1.165) is 47.1 Å². The Labute approximate surface area is 224 Å². The van der Waals surface area contributed by atoms with E-state index in [2.05, 4.69) is 40.6 Å². The summed E-state index contributed by atoms with van der Waals surface area (Å²) in [6.45, 7) is 3.26. The van der Waals surface area contributed by atoms with Crippen LogP contribution in [0, 0.1) is 12.7 Å². The van der Waals surface area contributed by atoms with Gasteiger partial charge in [0, 0.05) is 36.4 Å². The molecule has 5 nitrogen and oxygen atoms in total. The summed E-state index contributed by atoms with van der Waals surface area (Å²) >= 11 is 0. The van der Waals surface area contributed by atoms with Crippen LogP contribution in [0.1, 0.15) is 29.5 Å². The summed E-state index contributed by atoms with van der Waals surface area (Å²) in [5, 5.41) is 21.1. The number of rotatable bonds is 12. The van der Waals surface area contributed by atoms with Gasteiger partial charge in [-0.3, -0.25) is 0 Å². The van der Waals surface area contributed by atoms with Gasteiger partial charge in [-0.05, 0) is 66.1 Å². The highest BCUT2D eigenvalue weighted by Crippen LogP contribution is 2.36. The number of aryl methyl sites for hydroxylation is 1. The molecule has 0 aliphatic rings. The third-order valence-electron chi connectivity index (χ3n) is 6.77. The molecule has 4 rings (SSSR count). The van der Waals surface area contributed by atoms with E-state index in [4.69, 9.17) is 14.9 Å². The molecule has 0 aliphatic heterocycles. The number of nitrogens with one attached hydrogen (secondary N) is 1. The first-order valence-electron chi connectivity index (χ1n) is 13.0. The van der Waals surface area contributed by atoms with E-state index in [1.807, 2.05) is 31.2 Å². The molecule has 1 aromatic heterocycles. The first kappa shape index (κ1) is 27.5. The number of aromatic nitrogens is 1. The molecule has 0 saturated carbocycles. The summed E-state index contributed by atoms with van der Waals surface area (Å²) in [4.78, 5) is 4.58. The van der Waals surface area contributed by atoms with Crippen LogP contribution in [-0.2, 0) is 13.0 Å². The maximum absolute atomic E-state index is 16.0. The molecule has 0 spiro atoms. The van der Waals surface area contributed by atoms with Crippen LogP contribution in [0.25, 0.3) is 33.5 Å². The van der Waals surface area contributed by atoms with Gasteiger partial charge in [0.05, 0.1) is 19.4 Å². The Hall–Kier alpha value is -3.58. The number of benzene rings is 3. The number of pyridine rings is 1. The molecular weight excluding hydrogens is 479 g/mol. The van der Waals surface area contributed by atoms with Gasteiger partial charge in [-0.1, -0.05) is 60.7 Å². The molecule has 0 unspecified atom stereocenters.